The Balaban J connectivity index is 1.67. The number of nitrogens with one attached hydrogen (secondary N) is 1. The van der Waals surface area contributed by atoms with E-state index in [0.717, 1.165) is 60.3 Å². The summed E-state index contributed by atoms with van der Waals surface area (Å²) in [6.07, 6.45) is 6.42. The Morgan fingerprint density at radius 1 is 1.36 bits per heavy atom. The zero-order chi connectivity index (χ0) is 20.1. The Labute approximate surface area is 165 Å². The molecular formula is C19H26N6O2S. The van der Waals surface area contributed by atoms with Gasteiger partial charge in [0.25, 0.3) is 0 Å². The van der Waals surface area contributed by atoms with Crippen molar-refractivity contribution >= 4 is 21.6 Å². The molecule has 0 bridgehead atoms. The highest BCUT2D eigenvalue weighted by atomic mass is 32.2. The molecule has 2 aliphatic carbocycles. The Morgan fingerprint density at radius 3 is 2.86 bits per heavy atom. The molecule has 0 fully saturated rings. The molecule has 1 unspecified atom stereocenters. The minimum absolute atomic E-state index is 0.0989. The van der Waals surface area contributed by atoms with Gasteiger partial charge in [0.15, 0.2) is 14.9 Å². The lowest BCUT2D eigenvalue weighted by atomic mass is 10.0. The molecule has 2 atom stereocenters. The van der Waals surface area contributed by atoms with E-state index in [0.29, 0.717) is 5.92 Å². The number of fused-ring (bicyclic) bond motifs is 2. The molecular weight excluding hydrogens is 376 g/mol. The molecule has 9 heteroatoms. The summed E-state index contributed by atoms with van der Waals surface area (Å²) >= 11 is 0. The molecule has 2 aromatic rings. The number of pyridine rings is 1. The van der Waals surface area contributed by atoms with Crippen molar-refractivity contribution in [3.05, 3.63) is 34.8 Å². The van der Waals surface area contributed by atoms with Crippen LogP contribution in [-0.4, -0.2) is 25.0 Å². The van der Waals surface area contributed by atoms with Crippen LogP contribution in [0.4, 0.5) is 10.5 Å². The van der Waals surface area contributed by atoms with Gasteiger partial charge in [-0.05, 0) is 69.1 Å². The van der Waals surface area contributed by atoms with Crippen molar-refractivity contribution in [2.75, 3.05) is 5.32 Å². The largest absolute Gasteiger partial charge is 0.354 e. The fraction of sp³-hybridized carbons (Fsp3) is 0.526. The van der Waals surface area contributed by atoms with E-state index in [1.54, 1.807) is 16.9 Å². The molecule has 8 nitrogen and oxygen atoms in total. The number of carbonyl (C=O) groups is 1. The van der Waals surface area contributed by atoms with Crippen LogP contribution in [0.5, 0.6) is 0 Å². The van der Waals surface area contributed by atoms with Gasteiger partial charge in [0, 0.05) is 23.6 Å². The fourth-order valence-corrected chi connectivity index (χ4v) is 4.87. The van der Waals surface area contributed by atoms with Crippen LogP contribution >= 0.6 is 0 Å². The number of hydrogen-bond acceptors (Lipinski definition) is 4. The second-order valence-electron chi connectivity index (χ2n) is 7.89. The molecule has 0 aromatic carbocycles. The lowest BCUT2D eigenvalue weighted by Crippen LogP contribution is -2.20. The number of carbonyl (C=O) groups excluding carboxylic acids is 1. The summed E-state index contributed by atoms with van der Waals surface area (Å²) in [5.41, 5.74) is 5.11. The third-order valence-corrected chi connectivity index (χ3v) is 6.77. The SMILES string of the molecule is CC1CCc2c1nc1c(c2NC(=O)N=[S@](N)(=O)c2ccn(C(C)C)n2)CCC1. The van der Waals surface area contributed by atoms with E-state index in [-0.39, 0.29) is 11.1 Å². The maximum Gasteiger partial charge on any atom is 0.354 e. The summed E-state index contributed by atoms with van der Waals surface area (Å²) < 4.78 is 18.2. The zero-order valence-electron chi connectivity index (χ0n) is 16.4. The molecule has 2 aliphatic rings. The van der Waals surface area contributed by atoms with Gasteiger partial charge in [-0.2, -0.15) is 5.10 Å². The van der Waals surface area contributed by atoms with Crippen molar-refractivity contribution in [3.63, 3.8) is 0 Å². The van der Waals surface area contributed by atoms with Gasteiger partial charge in [0.2, 0.25) is 0 Å². The third-order valence-electron chi connectivity index (χ3n) is 5.51. The van der Waals surface area contributed by atoms with Gasteiger partial charge < -0.3 is 5.32 Å². The lowest BCUT2D eigenvalue weighted by molar-refractivity contribution is 0.260. The second kappa shape index (κ2) is 6.97. The van der Waals surface area contributed by atoms with Crippen molar-refractivity contribution in [3.8, 4) is 0 Å². The molecule has 0 spiro atoms. The molecule has 0 saturated carbocycles. The third kappa shape index (κ3) is 3.33. The minimum Gasteiger partial charge on any atom is -0.305 e. The van der Waals surface area contributed by atoms with E-state index in [4.69, 9.17) is 10.1 Å². The maximum atomic E-state index is 12.8. The smallest absolute Gasteiger partial charge is 0.305 e. The summed E-state index contributed by atoms with van der Waals surface area (Å²) in [5.74, 6) is 0.382. The number of aryl methyl sites for hydroxylation is 1. The highest BCUT2D eigenvalue weighted by molar-refractivity contribution is 7.91. The van der Waals surface area contributed by atoms with Crippen LogP contribution in [0.1, 0.15) is 68.1 Å². The standard InChI is InChI=1S/C19H26N6O2S/c1-11(2)25-10-9-16(23-25)28(20,27)24-19(26)22-18-13-5-4-6-15(13)21-17-12(3)7-8-14(17)18/h9-12H,4-8H2,1-3H3,(H3,20,21,22,24,26,27)/t12?,28-/m0/s1. The molecule has 2 aromatic heterocycles. The van der Waals surface area contributed by atoms with E-state index < -0.39 is 15.9 Å². The second-order valence-corrected chi connectivity index (χ2v) is 9.63. The predicted molar refractivity (Wildman–Crippen MR) is 108 cm³/mol. The van der Waals surface area contributed by atoms with E-state index in [9.17, 15) is 9.00 Å². The molecule has 150 valence electrons. The number of aromatic nitrogens is 3. The van der Waals surface area contributed by atoms with Crippen LogP contribution < -0.4 is 10.5 Å². The quantitative estimate of drug-likeness (QED) is 0.819. The lowest BCUT2D eigenvalue weighted by Gasteiger charge is -2.15. The predicted octanol–water partition coefficient (Wildman–Crippen LogP) is 3.33. The minimum atomic E-state index is -3.42. The Bertz CT molecular complexity index is 1060. The fourth-order valence-electron chi connectivity index (χ4n) is 4.02. The van der Waals surface area contributed by atoms with Gasteiger partial charge in [-0.3, -0.25) is 9.67 Å². The highest BCUT2D eigenvalue weighted by Gasteiger charge is 2.30. The van der Waals surface area contributed by atoms with Crippen molar-refractivity contribution in [1.29, 1.82) is 0 Å². The topological polar surface area (TPSA) is 115 Å². The van der Waals surface area contributed by atoms with Crippen LogP contribution in [0.3, 0.4) is 0 Å². The summed E-state index contributed by atoms with van der Waals surface area (Å²) in [4.78, 5) is 17.5. The summed E-state index contributed by atoms with van der Waals surface area (Å²) in [6.45, 7) is 6.06. The summed E-state index contributed by atoms with van der Waals surface area (Å²) in [6, 6.07) is 0.943. The number of anilines is 1. The van der Waals surface area contributed by atoms with Crippen molar-refractivity contribution in [2.45, 2.75) is 69.9 Å². The maximum absolute atomic E-state index is 12.8. The van der Waals surface area contributed by atoms with E-state index in [2.05, 4.69) is 21.7 Å². The van der Waals surface area contributed by atoms with E-state index in [1.807, 2.05) is 13.8 Å². The number of nitrogens with zero attached hydrogens (tertiary/aromatic N) is 4. The van der Waals surface area contributed by atoms with Crippen molar-refractivity contribution in [2.24, 2.45) is 9.50 Å². The van der Waals surface area contributed by atoms with Crippen molar-refractivity contribution in [1.82, 2.24) is 14.8 Å². The van der Waals surface area contributed by atoms with Gasteiger partial charge in [0.05, 0.1) is 5.69 Å². The average Bonchev–Trinajstić information content (AvgIpc) is 3.34. The number of nitrogens with two attached hydrogens (primary N) is 1. The number of urea groups is 1. The molecule has 3 N–H and O–H groups in total. The number of amides is 2. The van der Waals surface area contributed by atoms with Crippen LogP contribution in [-0.2, 0) is 29.2 Å². The summed E-state index contributed by atoms with van der Waals surface area (Å²) in [7, 11) is -3.42. The van der Waals surface area contributed by atoms with Gasteiger partial charge in [-0.25, -0.2) is 14.1 Å². The average molecular weight is 403 g/mol. The molecule has 0 aliphatic heterocycles. The molecule has 2 heterocycles. The Kier molecular flexibility index (Phi) is 4.75. The number of hydrogen-bond donors (Lipinski definition) is 2. The van der Waals surface area contributed by atoms with Gasteiger partial charge >= 0.3 is 6.03 Å². The van der Waals surface area contributed by atoms with Crippen LogP contribution in [0, 0.1) is 0 Å². The van der Waals surface area contributed by atoms with Gasteiger partial charge in [-0.1, -0.05) is 6.92 Å². The van der Waals surface area contributed by atoms with E-state index >= 15 is 0 Å². The molecule has 4 rings (SSSR count). The first-order valence-electron chi connectivity index (χ1n) is 9.72. The molecule has 2 amide bonds. The first kappa shape index (κ1) is 19.1. The zero-order valence-corrected chi connectivity index (χ0v) is 17.3. The van der Waals surface area contributed by atoms with Gasteiger partial charge in [-0.15, -0.1) is 4.36 Å². The highest BCUT2D eigenvalue weighted by Crippen LogP contribution is 2.41. The van der Waals surface area contributed by atoms with Crippen LogP contribution in [0.15, 0.2) is 21.7 Å². The first-order valence-corrected chi connectivity index (χ1v) is 11.3. The van der Waals surface area contributed by atoms with Gasteiger partial charge in [0.1, 0.15) is 0 Å². The monoisotopic (exact) mass is 402 g/mol. The molecule has 0 saturated heterocycles. The van der Waals surface area contributed by atoms with Crippen LogP contribution in [0.25, 0.3) is 0 Å². The number of rotatable bonds is 3. The molecule has 0 radical (unpaired) electrons. The molecule has 28 heavy (non-hydrogen) atoms. The summed E-state index contributed by atoms with van der Waals surface area (Å²) in [5, 5.41) is 13.1. The normalized spacial score (nSPS) is 20.0. The van der Waals surface area contributed by atoms with Crippen LogP contribution in [0.2, 0.25) is 0 Å². The first-order chi connectivity index (χ1) is 13.3. The van der Waals surface area contributed by atoms with Crippen molar-refractivity contribution < 1.29 is 9.00 Å². The van der Waals surface area contributed by atoms with E-state index in [1.165, 1.54) is 0 Å². The Morgan fingerprint density at radius 2 is 2.14 bits per heavy atom. The Hall–Kier alpha value is -2.26.